The Morgan fingerprint density at radius 3 is 2.50 bits per heavy atom. The van der Waals surface area contributed by atoms with Crippen LogP contribution in [0.2, 0.25) is 0 Å². The van der Waals surface area contributed by atoms with Crippen molar-refractivity contribution in [1.82, 2.24) is 24.3 Å². The van der Waals surface area contributed by atoms with Crippen LogP contribution in [0.3, 0.4) is 0 Å². The number of aryl methyl sites for hydroxylation is 1. The third kappa shape index (κ3) is 4.24. The van der Waals surface area contributed by atoms with Gasteiger partial charge in [0.05, 0.1) is 27.8 Å². The van der Waals surface area contributed by atoms with Gasteiger partial charge in [0.1, 0.15) is 11.6 Å². The van der Waals surface area contributed by atoms with E-state index in [0.717, 1.165) is 45.1 Å². The highest BCUT2D eigenvalue weighted by atomic mass is 35.5. The van der Waals surface area contributed by atoms with Crippen LogP contribution in [0.4, 0.5) is 5.13 Å². The van der Waals surface area contributed by atoms with Gasteiger partial charge in [0.2, 0.25) is 0 Å². The highest BCUT2D eigenvalue weighted by molar-refractivity contribution is 7.22. The van der Waals surface area contributed by atoms with Crippen LogP contribution in [0, 0.1) is 18.3 Å². The number of nitrogens with one attached hydrogen (secondary N) is 1. The monoisotopic (exact) mass is 495 g/mol. The van der Waals surface area contributed by atoms with Crippen LogP contribution >= 0.6 is 23.7 Å². The molecule has 1 aliphatic heterocycles. The number of fused-ring (bicyclic) bond motifs is 2. The van der Waals surface area contributed by atoms with Gasteiger partial charge in [-0.25, -0.2) is 9.97 Å². The maximum atomic E-state index is 9.59. The zero-order valence-electron chi connectivity index (χ0n) is 20.4. The lowest BCUT2D eigenvalue weighted by molar-refractivity contribution is -0.00767. The van der Waals surface area contributed by atoms with E-state index in [1.807, 2.05) is 36.0 Å². The molecule has 178 valence electrons. The Morgan fingerprint density at radius 2 is 1.82 bits per heavy atom. The zero-order valence-corrected chi connectivity index (χ0v) is 22.0. The molecule has 7 nitrogen and oxygen atoms in total. The molecule has 5 rings (SSSR count). The third-order valence-corrected chi connectivity index (χ3v) is 7.95. The lowest BCUT2D eigenvalue weighted by atomic mass is 9.77. The van der Waals surface area contributed by atoms with Gasteiger partial charge in [-0.3, -0.25) is 9.88 Å². The summed E-state index contributed by atoms with van der Waals surface area (Å²) in [5.74, 6) is 0. The topological polar surface area (TPSA) is 82.1 Å². The van der Waals surface area contributed by atoms with Gasteiger partial charge in [-0.2, -0.15) is 5.26 Å². The number of hydrogen-bond acceptors (Lipinski definition) is 7. The van der Waals surface area contributed by atoms with Crippen molar-refractivity contribution in [2.45, 2.75) is 64.6 Å². The molecule has 0 saturated carbocycles. The van der Waals surface area contributed by atoms with Gasteiger partial charge >= 0.3 is 0 Å². The lowest BCUT2D eigenvalue weighted by Crippen LogP contribution is -2.61. The molecule has 4 aromatic heterocycles. The fraction of sp³-hybridized carbons (Fsp3) is 0.440. The quantitative estimate of drug-likeness (QED) is 0.394. The molecular weight excluding hydrogens is 466 g/mol. The molecule has 0 radical (unpaired) electrons. The van der Waals surface area contributed by atoms with E-state index in [2.05, 4.69) is 67.1 Å². The van der Waals surface area contributed by atoms with E-state index < -0.39 is 0 Å². The summed E-state index contributed by atoms with van der Waals surface area (Å²) >= 11 is 1.66. The molecule has 5 heterocycles. The summed E-state index contributed by atoms with van der Waals surface area (Å²) in [5, 5.41) is 14.2. The zero-order chi connectivity index (χ0) is 23.5. The largest absolute Gasteiger partial charge is 0.359 e. The fourth-order valence-corrected chi connectivity index (χ4v) is 6.09. The molecular formula is C25H30ClN7S. The Kier molecular flexibility index (Phi) is 6.09. The summed E-state index contributed by atoms with van der Waals surface area (Å²) in [7, 11) is 2.22. The normalized spacial score (nSPS) is 18.0. The molecule has 1 fully saturated rings. The second-order valence-corrected chi connectivity index (χ2v) is 11.4. The standard InChI is InChI=1S/C25H29N7S.ClH/c1-15-13-32-14-17(7-16(11-26)22(32)28-15)19-8-21-20(12-27-19)30-23(33-21)29-18-9-24(2,3)31(6)25(4,5)10-18;/h7-8,12-14,18H,9-10H2,1-6H3,(H,29,30);1H. The number of hydrogen-bond donors (Lipinski definition) is 1. The van der Waals surface area contributed by atoms with E-state index in [1.54, 1.807) is 11.3 Å². The molecule has 9 heteroatoms. The first-order valence-corrected chi connectivity index (χ1v) is 12.0. The molecule has 0 aromatic carbocycles. The molecule has 4 aromatic rings. The molecule has 0 aliphatic carbocycles. The highest BCUT2D eigenvalue weighted by Gasteiger charge is 2.43. The van der Waals surface area contributed by atoms with E-state index in [1.165, 1.54) is 0 Å². The summed E-state index contributed by atoms with van der Waals surface area (Å²) in [4.78, 5) is 16.4. The van der Waals surface area contributed by atoms with Crippen LogP contribution < -0.4 is 5.32 Å². The Morgan fingerprint density at radius 1 is 1.12 bits per heavy atom. The first-order chi connectivity index (χ1) is 15.6. The number of anilines is 1. The summed E-state index contributed by atoms with van der Waals surface area (Å²) in [6.07, 6.45) is 7.86. The van der Waals surface area contributed by atoms with Gasteiger partial charge in [-0.05, 0) is 66.6 Å². The third-order valence-electron chi connectivity index (χ3n) is 7.00. The maximum absolute atomic E-state index is 9.59. The molecule has 0 spiro atoms. The first-order valence-electron chi connectivity index (χ1n) is 11.2. The number of piperidine rings is 1. The smallest absolute Gasteiger partial charge is 0.184 e. The number of rotatable bonds is 3. The van der Waals surface area contributed by atoms with Crippen LogP contribution in [0.25, 0.3) is 27.1 Å². The first kappa shape index (κ1) is 24.4. The highest BCUT2D eigenvalue weighted by Crippen LogP contribution is 2.39. The Bertz CT molecular complexity index is 1390. The molecule has 0 unspecified atom stereocenters. The number of halogens is 1. The second-order valence-electron chi connectivity index (χ2n) is 10.4. The molecule has 34 heavy (non-hydrogen) atoms. The number of imidazole rings is 1. The minimum absolute atomic E-state index is 0. The Balaban J connectivity index is 0.00000274. The maximum Gasteiger partial charge on any atom is 0.184 e. The van der Waals surface area contributed by atoms with E-state index >= 15 is 0 Å². The molecule has 0 amide bonds. The van der Waals surface area contributed by atoms with E-state index in [-0.39, 0.29) is 23.5 Å². The average Bonchev–Trinajstić information content (AvgIpc) is 3.31. The van der Waals surface area contributed by atoms with Crippen LogP contribution in [0.5, 0.6) is 0 Å². The lowest BCUT2D eigenvalue weighted by Gasteiger charge is -2.53. The average molecular weight is 496 g/mol. The molecule has 0 bridgehead atoms. The van der Waals surface area contributed by atoms with Gasteiger partial charge in [0.15, 0.2) is 10.8 Å². The number of aromatic nitrogens is 4. The summed E-state index contributed by atoms with van der Waals surface area (Å²) in [5.41, 5.74) is 4.93. The van der Waals surface area contributed by atoms with Crippen LogP contribution in [-0.4, -0.2) is 48.4 Å². The molecule has 1 saturated heterocycles. The fourth-order valence-electron chi connectivity index (χ4n) is 5.14. The molecule has 0 atom stereocenters. The summed E-state index contributed by atoms with van der Waals surface area (Å²) in [6.45, 7) is 11.2. The van der Waals surface area contributed by atoms with Crippen molar-refractivity contribution >= 4 is 44.7 Å². The summed E-state index contributed by atoms with van der Waals surface area (Å²) in [6, 6.07) is 6.55. The number of likely N-dealkylation sites (tertiary alicyclic amines) is 1. The van der Waals surface area contributed by atoms with Crippen LogP contribution in [0.1, 0.15) is 51.8 Å². The van der Waals surface area contributed by atoms with Gasteiger partial charge in [-0.1, -0.05) is 11.3 Å². The molecule has 1 aliphatic rings. The molecule has 1 N–H and O–H groups in total. The Hall–Kier alpha value is -2.73. The van der Waals surface area contributed by atoms with Crippen molar-refractivity contribution in [2.24, 2.45) is 0 Å². The van der Waals surface area contributed by atoms with Crippen molar-refractivity contribution in [1.29, 1.82) is 5.26 Å². The van der Waals surface area contributed by atoms with Crippen molar-refractivity contribution in [3.8, 4) is 17.3 Å². The van der Waals surface area contributed by atoms with Gasteiger partial charge in [0, 0.05) is 35.1 Å². The SMILES string of the molecule is Cc1cn2cc(-c3cc4sc(NC5CC(C)(C)N(C)C(C)(C)C5)nc4cn3)cc(C#N)c2n1.Cl. The van der Waals surface area contributed by atoms with E-state index in [9.17, 15) is 5.26 Å². The van der Waals surface area contributed by atoms with Gasteiger partial charge < -0.3 is 9.72 Å². The van der Waals surface area contributed by atoms with Crippen LogP contribution in [0.15, 0.2) is 30.7 Å². The number of nitrogens with zero attached hydrogens (tertiary/aromatic N) is 6. The van der Waals surface area contributed by atoms with Gasteiger partial charge in [-0.15, -0.1) is 12.4 Å². The van der Waals surface area contributed by atoms with E-state index in [4.69, 9.17) is 4.98 Å². The second kappa shape index (κ2) is 8.49. The van der Waals surface area contributed by atoms with Crippen molar-refractivity contribution < 1.29 is 0 Å². The van der Waals surface area contributed by atoms with Crippen molar-refractivity contribution in [3.63, 3.8) is 0 Å². The van der Waals surface area contributed by atoms with E-state index in [0.29, 0.717) is 17.3 Å². The number of thiazole rings is 1. The van der Waals surface area contributed by atoms with Crippen LogP contribution in [-0.2, 0) is 0 Å². The van der Waals surface area contributed by atoms with Crippen molar-refractivity contribution in [3.05, 3.63) is 42.0 Å². The Labute approximate surface area is 210 Å². The predicted octanol–water partition coefficient (Wildman–Crippen LogP) is 5.67. The summed E-state index contributed by atoms with van der Waals surface area (Å²) < 4.78 is 2.98. The minimum Gasteiger partial charge on any atom is -0.359 e. The van der Waals surface area contributed by atoms with Gasteiger partial charge in [0.25, 0.3) is 0 Å². The minimum atomic E-state index is 0. The number of nitriles is 1. The number of pyridine rings is 2. The van der Waals surface area contributed by atoms with Crippen molar-refractivity contribution in [2.75, 3.05) is 12.4 Å². The predicted molar refractivity (Wildman–Crippen MR) is 141 cm³/mol.